The summed E-state index contributed by atoms with van der Waals surface area (Å²) in [4.78, 5) is 25.3. The lowest BCUT2D eigenvalue weighted by molar-refractivity contribution is 0.102. The Balaban J connectivity index is 1.74. The van der Waals surface area contributed by atoms with E-state index in [1.165, 1.54) is 12.1 Å². The fourth-order valence-electron chi connectivity index (χ4n) is 2.78. The summed E-state index contributed by atoms with van der Waals surface area (Å²) in [7, 11) is 0. The molecular weight excluding hydrogens is 355 g/mol. The molecule has 2 aromatic heterocycles. The molecular formula is C22H15FN4O. The van der Waals surface area contributed by atoms with Gasteiger partial charge in [-0.2, -0.15) is 0 Å². The summed E-state index contributed by atoms with van der Waals surface area (Å²) >= 11 is 0. The van der Waals surface area contributed by atoms with Gasteiger partial charge < -0.3 is 0 Å². The lowest BCUT2D eigenvalue weighted by atomic mass is 10.0. The van der Waals surface area contributed by atoms with Crippen molar-refractivity contribution in [3.63, 3.8) is 0 Å². The number of aromatic nitrogens is 3. The molecule has 4 aromatic rings. The van der Waals surface area contributed by atoms with Gasteiger partial charge in [0.25, 0.3) is 5.91 Å². The van der Waals surface area contributed by atoms with E-state index < -0.39 is 0 Å². The zero-order valence-corrected chi connectivity index (χ0v) is 14.7. The molecule has 0 saturated heterocycles. The molecule has 1 amide bonds. The van der Waals surface area contributed by atoms with Gasteiger partial charge in [-0.25, -0.2) is 14.4 Å². The van der Waals surface area contributed by atoms with Crippen molar-refractivity contribution in [2.24, 2.45) is 0 Å². The van der Waals surface area contributed by atoms with E-state index >= 15 is 0 Å². The number of halogens is 1. The van der Waals surface area contributed by atoms with Crippen molar-refractivity contribution in [2.45, 2.75) is 0 Å². The van der Waals surface area contributed by atoms with Gasteiger partial charge >= 0.3 is 0 Å². The largest absolute Gasteiger partial charge is 0.290 e. The lowest BCUT2D eigenvalue weighted by Gasteiger charge is -2.11. The van der Waals surface area contributed by atoms with Crippen LogP contribution in [0, 0.1) is 5.82 Å². The second-order valence-corrected chi connectivity index (χ2v) is 6.02. The molecule has 0 unspecified atom stereocenters. The van der Waals surface area contributed by atoms with Crippen molar-refractivity contribution in [2.75, 3.05) is 5.32 Å². The number of carbonyl (C=O) groups is 1. The molecule has 136 valence electrons. The predicted molar refractivity (Wildman–Crippen MR) is 105 cm³/mol. The predicted octanol–water partition coefficient (Wildman–Crippen LogP) is 4.60. The van der Waals surface area contributed by atoms with E-state index in [1.54, 1.807) is 55.0 Å². The van der Waals surface area contributed by atoms with Crippen LogP contribution >= 0.6 is 0 Å². The Labute approximate surface area is 161 Å². The Morgan fingerprint density at radius 3 is 2.29 bits per heavy atom. The highest BCUT2D eigenvalue weighted by molar-refractivity contribution is 6.03. The van der Waals surface area contributed by atoms with Gasteiger partial charge in [-0.3, -0.25) is 15.1 Å². The third kappa shape index (κ3) is 3.76. The fourth-order valence-corrected chi connectivity index (χ4v) is 2.78. The molecule has 0 fully saturated rings. The van der Waals surface area contributed by atoms with Crippen LogP contribution in [0.1, 0.15) is 10.4 Å². The van der Waals surface area contributed by atoms with Crippen LogP contribution in [-0.4, -0.2) is 20.9 Å². The number of amides is 1. The quantitative estimate of drug-likeness (QED) is 0.570. The van der Waals surface area contributed by atoms with Crippen LogP contribution in [0.4, 0.5) is 10.3 Å². The summed E-state index contributed by atoms with van der Waals surface area (Å²) in [5, 5.41) is 2.72. The van der Waals surface area contributed by atoms with Crippen LogP contribution in [0.3, 0.4) is 0 Å². The number of hydrogen-bond donors (Lipinski definition) is 1. The molecule has 0 aliphatic rings. The number of carbonyl (C=O) groups excluding carboxylic acids is 1. The van der Waals surface area contributed by atoms with E-state index in [2.05, 4.69) is 20.3 Å². The molecule has 0 aliphatic carbocycles. The molecule has 2 aromatic carbocycles. The van der Waals surface area contributed by atoms with Gasteiger partial charge in [-0.15, -0.1) is 0 Å². The van der Waals surface area contributed by atoms with E-state index in [1.807, 2.05) is 18.2 Å². The molecule has 28 heavy (non-hydrogen) atoms. The van der Waals surface area contributed by atoms with Crippen molar-refractivity contribution >= 4 is 11.9 Å². The van der Waals surface area contributed by atoms with Crippen molar-refractivity contribution in [3.05, 3.63) is 96.7 Å². The van der Waals surface area contributed by atoms with E-state index in [-0.39, 0.29) is 17.7 Å². The van der Waals surface area contributed by atoms with Crippen LogP contribution < -0.4 is 5.32 Å². The van der Waals surface area contributed by atoms with Gasteiger partial charge in [0.2, 0.25) is 5.95 Å². The SMILES string of the molecule is O=C(Nc1ncc(-c2ccc(F)cc2)c(-c2ccncc2)n1)c1ccccc1. The molecule has 4 rings (SSSR count). The number of pyridine rings is 1. The van der Waals surface area contributed by atoms with Gasteiger partial charge in [0.05, 0.1) is 5.69 Å². The van der Waals surface area contributed by atoms with Crippen molar-refractivity contribution in [3.8, 4) is 22.4 Å². The van der Waals surface area contributed by atoms with Crippen LogP contribution in [0.2, 0.25) is 0 Å². The third-order valence-electron chi connectivity index (χ3n) is 4.16. The summed E-state index contributed by atoms with van der Waals surface area (Å²) in [6, 6.07) is 18.6. The minimum atomic E-state index is -0.318. The standard InChI is InChI=1S/C22H15FN4O/c23-18-8-6-15(7-9-18)19-14-25-22(26-20(19)16-10-12-24-13-11-16)27-21(28)17-4-2-1-3-5-17/h1-14H,(H,25,26,27,28). The highest BCUT2D eigenvalue weighted by Crippen LogP contribution is 2.30. The average molecular weight is 370 g/mol. The van der Waals surface area contributed by atoms with Crippen LogP contribution in [-0.2, 0) is 0 Å². The summed E-state index contributed by atoms with van der Waals surface area (Å²) < 4.78 is 13.3. The van der Waals surface area contributed by atoms with Gasteiger partial charge in [0, 0.05) is 35.3 Å². The van der Waals surface area contributed by atoms with Gasteiger partial charge in [0.1, 0.15) is 5.82 Å². The average Bonchev–Trinajstić information content (AvgIpc) is 2.76. The zero-order valence-electron chi connectivity index (χ0n) is 14.7. The summed E-state index contributed by atoms with van der Waals surface area (Å²) in [6.45, 7) is 0. The number of nitrogens with zero attached hydrogens (tertiary/aromatic N) is 3. The van der Waals surface area contributed by atoms with Gasteiger partial charge in [-0.1, -0.05) is 30.3 Å². The van der Waals surface area contributed by atoms with E-state index in [0.717, 1.165) is 16.7 Å². The maximum Gasteiger partial charge on any atom is 0.258 e. The molecule has 0 aliphatic heterocycles. The van der Waals surface area contributed by atoms with E-state index in [0.29, 0.717) is 11.3 Å². The highest BCUT2D eigenvalue weighted by atomic mass is 19.1. The van der Waals surface area contributed by atoms with Gasteiger partial charge in [-0.05, 0) is 42.0 Å². The second kappa shape index (κ2) is 7.75. The topological polar surface area (TPSA) is 67.8 Å². The van der Waals surface area contributed by atoms with Crippen LogP contribution in [0.15, 0.2) is 85.3 Å². The molecule has 6 heteroatoms. The minimum absolute atomic E-state index is 0.187. The Kier molecular flexibility index (Phi) is 4.84. The second-order valence-electron chi connectivity index (χ2n) is 6.02. The fraction of sp³-hybridized carbons (Fsp3) is 0. The Bertz CT molecular complexity index is 1100. The number of hydrogen-bond acceptors (Lipinski definition) is 4. The Hall–Kier alpha value is -3.93. The minimum Gasteiger partial charge on any atom is -0.290 e. The zero-order chi connectivity index (χ0) is 19.3. The number of nitrogens with one attached hydrogen (secondary N) is 1. The maximum atomic E-state index is 13.3. The van der Waals surface area contributed by atoms with E-state index in [9.17, 15) is 9.18 Å². The smallest absolute Gasteiger partial charge is 0.258 e. The van der Waals surface area contributed by atoms with Crippen molar-refractivity contribution in [1.82, 2.24) is 15.0 Å². The van der Waals surface area contributed by atoms with Crippen molar-refractivity contribution in [1.29, 1.82) is 0 Å². The first-order chi connectivity index (χ1) is 13.7. The van der Waals surface area contributed by atoms with Crippen molar-refractivity contribution < 1.29 is 9.18 Å². The molecule has 0 bridgehead atoms. The number of anilines is 1. The van der Waals surface area contributed by atoms with Crippen LogP contribution in [0.25, 0.3) is 22.4 Å². The summed E-state index contributed by atoms with van der Waals surface area (Å²) in [5.74, 6) is -0.427. The first kappa shape index (κ1) is 17.5. The van der Waals surface area contributed by atoms with Gasteiger partial charge in [0.15, 0.2) is 0 Å². The Morgan fingerprint density at radius 2 is 1.57 bits per heavy atom. The van der Waals surface area contributed by atoms with Crippen LogP contribution in [0.5, 0.6) is 0 Å². The summed E-state index contributed by atoms with van der Waals surface area (Å²) in [5.41, 5.74) is 3.44. The number of rotatable bonds is 4. The molecule has 2 heterocycles. The van der Waals surface area contributed by atoms with E-state index in [4.69, 9.17) is 0 Å². The first-order valence-electron chi connectivity index (χ1n) is 8.60. The molecule has 0 radical (unpaired) electrons. The lowest BCUT2D eigenvalue weighted by Crippen LogP contribution is -2.14. The first-order valence-corrected chi connectivity index (χ1v) is 8.60. The summed E-state index contributed by atoms with van der Waals surface area (Å²) in [6.07, 6.45) is 4.94. The molecule has 0 spiro atoms. The molecule has 0 atom stereocenters. The monoisotopic (exact) mass is 370 g/mol. The normalized spacial score (nSPS) is 10.5. The Morgan fingerprint density at radius 1 is 0.857 bits per heavy atom. The third-order valence-corrected chi connectivity index (χ3v) is 4.16. The molecule has 5 nitrogen and oxygen atoms in total. The maximum absolute atomic E-state index is 13.3. The molecule has 0 saturated carbocycles. The highest BCUT2D eigenvalue weighted by Gasteiger charge is 2.14. The molecule has 1 N–H and O–H groups in total. The number of benzene rings is 2.